The smallest absolute Gasteiger partial charge is 0.336 e. The van der Waals surface area contributed by atoms with Gasteiger partial charge in [0.1, 0.15) is 0 Å². The molecule has 1 heterocycles. The lowest BCUT2D eigenvalue weighted by Crippen LogP contribution is -1.98. The van der Waals surface area contributed by atoms with Crippen LogP contribution >= 0.6 is 27.7 Å². The molecule has 2 N–H and O–H groups in total. The molecule has 1 aromatic heterocycles. The highest BCUT2D eigenvalue weighted by Gasteiger charge is 2.13. The van der Waals surface area contributed by atoms with Crippen LogP contribution in [0.25, 0.3) is 11.0 Å². The van der Waals surface area contributed by atoms with Crippen molar-refractivity contribution >= 4 is 44.7 Å². The normalized spacial score (nSPS) is 11.0. The molecule has 0 saturated heterocycles. The average Bonchev–Trinajstić information content (AvgIpc) is 2.79. The lowest BCUT2D eigenvalue weighted by Gasteiger charge is -2.04. The summed E-state index contributed by atoms with van der Waals surface area (Å²) in [4.78, 5) is 19.6. The molecule has 0 aliphatic heterocycles. The van der Waals surface area contributed by atoms with Crippen molar-refractivity contribution in [2.75, 3.05) is 0 Å². The van der Waals surface area contributed by atoms with Crippen LogP contribution in [0.3, 0.4) is 0 Å². The number of carboxylic acid groups (broad SMARTS) is 1. The Bertz CT molecular complexity index is 845. The minimum Gasteiger partial charge on any atom is -0.478 e. The topological polar surface area (TPSA) is 66.0 Å². The number of hydrogen-bond donors (Lipinski definition) is 2. The molecule has 4 nitrogen and oxygen atoms in total. The van der Waals surface area contributed by atoms with Gasteiger partial charge in [-0.25, -0.2) is 9.78 Å². The molecular weight excluding hydrogens is 352 g/mol. The number of aromatic nitrogens is 2. The highest BCUT2D eigenvalue weighted by Crippen LogP contribution is 2.32. The third-order valence-electron chi connectivity index (χ3n) is 3.00. The zero-order valence-corrected chi connectivity index (χ0v) is 13.5. The van der Waals surface area contributed by atoms with Crippen molar-refractivity contribution in [2.24, 2.45) is 0 Å². The van der Waals surface area contributed by atoms with Gasteiger partial charge >= 0.3 is 5.97 Å². The number of benzene rings is 2. The van der Waals surface area contributed by atoms with Crippen LogP contribution in [-0.4, -0.2) is 21.0 Å². The standard InChI is InChI=1S/C15H11BrN2O2S/c1-8-2-5-11-12(6-8)18-15(17-11)21-13-7-9(16)3-4-10(13)14(19)20/h2-7H,1H3,(H,17,18)(H,19,20). The number of aryl methyl sites for hydroxylation is 1. The lowest BCUT2D eigenvalue weighted by atomic mass is 10.2. The van der Waals surface area contributed by atoms with Crippen molar-refractivity contribution in [1.29, 1.82) is 0 Å². The summed E-state index contributed by atoms with van der Waals surface area (Å²) in [5.74, 6) is -0.947. The molecule has 0 amide bonds. The first-order valence-corrected chi connectivity index (χ1v) is 7.81. The Morgan fingerprint density at radius 1 is 1.29 bits per heavy atom. The summed E-state index contributed by atoms with van der Waals surface area (Å²) in [6.45, 7) is 2.02. The molecule has 0 atom stereocenters. The summed E-state index contributed by atoms with van der Waals surface area (Å²) in [6, 6.07) is 11.1. The number of carboxylic acids is 1. The maximum Gasteiger partial charge on any atom is 0.336 e. The monoisotopic (exact) mass is 362 g/mol. The van der Waals surface area contributed by atoms with Crippen LogP contribution in [0.15, 0.2) is 50.9 Å². The molecule has 3 aromatic rings. The Morgan fingerprint density at radius 2 is 2.10 bits per heavy atom. The highest BCUT2D eigenvalue weighted by atomic mass is 79.9. The van der Waals surface area contributed by atoms with E-state index in [-0.39, 0.29) is 5.56 Å². The van der Waals surface area contributed by atoms with Crippen LogP contribution < -0.4 is 0 Å². The zero-order chi connectivity index (χ0) is 15.0. The van der Waals surface area contributed by atoms with E-state index in [2.05, 4.69) is 25.9 Å². The van der Waals surface area contributed by atoms with Crippen LogP contribution in [0.5, 0.6) is 0 Å². The number of nitrogens with one attached hydrogen (secondary N) is 1. The number of fused-ring (bicyclic) bond motifs is 1. The predicted octanol–water partition coefficient (Wildman–Crippen LogP) is 4.48. The number of carbonyl (C=O) groups is 1. The summed E-state index contributed by atoms with van der Waals surface area (Å²) in [5.41, 5.74) is 3.23. The molecule has 6 heteroatoms. The van der Waals surface area contributed by atoms with Gasteiger partial charge in [-0.3, -0.25) is 0 Å². The number of hydrogen-bond acceptors (Lipinski definition) is 3. The van der Waals surface area contributed by atoms with E-state index in [1.165, 1.54) is 11.8 Å². The van der Waals surface area contributed by atoms with Gasteiger partial charge in [0.15, 0.2) is 5.16 Å². The molecule has 21 heavy (non-hydrogen) atoms. The van der Waals surface area contributed by atoms with Crippen LogP contribution in [0.2, 0.25) is 0 Å². The molecule has 0 unspecified atom stereocenters. The maximum atomic E-state index is 11.3. The molecule has 0 aliphatic carbocycles. The van der Waals surface area contributed by atoms with E-state index in [9.17, 15) is 9.90 Å². The van der Waals surface area contributed by atoms with Gasteiger partial charge < -0.3 is 10.1 Å². The van der Waals surface area contributed by atoms with Crippen molar-refractivity contribution in [2.45, 2.75) is 17.0 Å². The Balaban J connectivity index is 2.02. The van der Waals surface area contributed by atoms with E-state index in [4.69, 9.17) is 0 Å². The fourth-order valence-corrected chi connectivity index (χ4v) is 3.49. The van der Waals surface area contributed by atoms with E-state index >= 15 is 0 Å². The summed E-state index contributed by atoms with van der Waals surface area (Å²) in [5, 5.41) is 9.93. The molecule has 0 aliphatic rings. The largest absolute Gasteiger partial charge is 0.478 e. The molecule has 0 saturated carbocycles. The van der Waals surface area contributed by atoms with E-state index < -0.39 is 5.97 Å². The molecule has 0 bridgehead atoms. The molecular formula is C15H11BrN2O2S. The Morgan fingerprint density at radius 3 is 2.86 bits per heavy atom. The van der Waals surface area contributed by atoms with Crippen LogP contribution in [-0.2, 0) is 0 Å². The van der Waals surface area contributed by atoms with Gasteiger partial charge in [-0.05, 0) is 42.8 Å². The third kappa shape index (κ3) is 2.96. The van der Waals surface area contributed by atoms with Gasteiger partial charge in [0.2, 0.25) is 0 Å². The Kier molecular flexibility index (Phi) is 3.73. The number of nitrogens with zero attached hydrogens (tertiary/aromatic N) is 1. The van der Waals surface area contributed by atoms with Crippen molar-refractivity contribution in [3.05, 3.63) is 52.0 Å². The molecule has 0 radical (unpaired) electrons. The Labute approximate surface area is 133 Å². The van der Waals surface area contributed by atoms with Gasteiger partial charge in [-0.15, -0.1) is 0 Å². The lowest BCUT2D eigenvalue weighted by molar-refractivity contribution is 0.0693. The minimum absolute atomic E-state index is 0.264. The SMILES string of the molecule is Cc1ccc2nc(Sc3cc(Br)ccc3C(=O)O)[nH]c2c1. The molecule has 0 spiro atoms. The minimum atomic E-state index is -0.947. The number of aromatic carboxylic acids is 1. The predicted molar refractivity (Wildman–Crippen MR) is 86.1 cm³/mol. The number of halogens is 1. The van der Waals surface area contributed by atoms with Gasteiger partial charge in [0, 0.05) is 9.37 Å². The quantitative estimate of drug-likeness (QED) is 0.720. The second-order valence-corrected chi connectivity index (χ2v) is 6.56. The number of imidazole rings is 1. The number of rotatable bonds is 3. The fraction of sp³-hybridized carbons (Fsp3) is 0.0667. The van der Waals surface area contributed by atoms with Gasteiger partial charge in [0.05, 0.1) is 16.6 Å². The van der Waals surface area contributed by atoms with Crippen LogP contribution in [0.1, 0.15) is 15.9 Å². The first kappa shape index (κ1) is 14.2. The second kappa shape index (κ2) is 5.54. The average molecular weight is 363 g/mol. The maximum absolute atomic E-state index is 11.3. The highest BCUT2D eigenvalue weighted by molar-refractivity contribution is 9.10. The number of H-pyrrole nitrogens is 1. The first-order valence-electron chi connectivity index (χ1n) is 6.20. The van der Waals surface area contributed by atoms with Gasteiger partial charge in [0.25, 0.3) is 0 Å². The summed E-state index contributed by atoms with van der Waals surface area (Å²) < 4.78 is 0.835. The molecule has 0 fully saturated rings. The van der Waals surface area contributed by atoms with Crippen molar-refractivity contribution < 1.29 is 9.90 Å². The molecule has 106 valence electrons. The summed E-state index contributed by atoms with van der Waals surface area (Å²) in [6.07, 6.45) is 0. The molecule has 2 aromatic carbocycles. The summed E-state index contributed by atoms with van der Waals surface area (Å²) >= 11 is 4.68. The third-order valence-corrected chi connectivity index (χ3v) is 4.43. The fourth-order valence-electron chi connectivity index (χ4n) is 2.01. The first-order chi connectivity index (χ1) is 10.0. The van der Waals surface area contributed by atoms with Gasteiger partial charge in [-0.1, -0.05) is 33.8 Å². The molecule has 3 rings (SSSR count). The van der Waals surface area contributed by atoms with E-state index in [1.54, 1.807) is 18.2 Å². The zero-order valence-electron chi connectivity index (χ0n) is 11.1. The van der Waals surface area contributed by atoms with Crippen LogP contribution in [0, 0.1) is 6.92 Å². The van der Waals surface area contributed by atoms with Gasteiger partial charge in [-0.2, -0.15) is 0 Å². The van der Waals surface area contributed by atoms with Crippen molar-refractivity contribution in [3.63, 3.8) is 0 Å². The summed E-state index contributed by atoms with van der Waals surface area (Å²) in [7, 11) is 0. The Hall–Kier alpha value is -1.79. The number of aromatic amines is 1. The van der Waals surface area contributed by atoms with Crippen LogP contribution in [0.4, 0.5) is 0 Å². The van der Waals surface area contributed by atoms with Crippen molar-refractivity contribution in [3.8, 4) is 0 Å². The van der Waals surface area contributed by atoms with E-state index in [0.29, 0.717) is 10.1 Å². The van der Waals surface area contributed by atoms with E-state index in [0.717, 1.165) is 21.1 Å². The van der Waals surface area contributed by atoms with Crippen molar-refractivity contribution in [1.82, 2.24) is 9.97 Å². The van der Waals surface area contributed by atoms with E-state index in [1.807, 2.05) is 25.1 Å². The second-order valence-electron chi connectivity index (χ2n) is 4.61.